The number of benzene rings is 2. The Morgan fingerprint density at radius 1 is 1.00 bits per heavy atom. The Hall–Kier alpha value is -1.46. The van der Waals surface area contributed by atoms with Crippen LogP contribution in [0, 0.1) is 5.82 Å². The van der Waals surface area contributed by atoms with Gasteiger partial charge in [0.05, 0.1) is 4.58 Å². The van der Waals surface area contributed by atoms with Crippen molar-refractivity contribution in [3.05, 3.63) is 71.0 Å². The van der Waals surface area contributed by atoms with E-state index in [1.54, 1.807) is 12.1 Å². The van der Waals surface area contributed by atoms with Gasteiger partial charge in [0.2, 0.25) is 0 Å². The Labute approximate surface area is 156 Å². The summed E-state index contributed by atoms with van der Waals surface area (Å²) in [5.74, 6) is 2.23. The lowest BCUT2D eigenvalue weighted by molar-refractivity contribution is 0.0730. The molecule has 0 unspecified atom stereocenters. The summed E-state index contributed by atoms with van der Waals surface area (Å²) >= 11 is 3.94. The highest BCUT2D eigenvalue weighted by Crippen LogP contribution is 2.45. The molecule has 25 heavy (non-hydrogen) atoms. The SMILES string of the molecule is O=C(c1ccc(C2SCCS2)cc1)N(Cc1ccc(F)cc1)C1CC1. The van der Waals surface area contributed by atoms with Crippen molar-refractivity contribution in [2.24, 2.45) is 0 Å². The van der Waals surface area contributed by atoms with E-state index in [1.165, 1.54) is 29.2 Å². The fraction of sp³-hybridized carbons (Fsp3) is 0.350. The van der Waals surface area contributed by atoms with Crippen molar-refractivity contribution >= 4 is 29.4 Å². The molecule has 2 aromatic carbocycles. The maximum atomic E-state index is 13.1. The van der Waals surface area contributed by atoms with Gasteiger partial charge in [-0.1, -0.05) is 24.3 Å². The van der Waals surface area contributed by atoms with Crippen molar-refractivity contribution in [2.75, 3.05) is 11.5 Å². The zero-order valence-corrected chi connectivity index (χ0v) is 15.5. The van der Waals surface area contributed by atoms with Gasteiger partial charge in [-0.05, 0) is 48.2 Å². The van der Waals surface area contributed by atoms with E-state index in [0.717, 1.165) is 24.0 Å². The van der Waals surface area contributed by atoms with Crippen LogP contribution in [0.2, 0.25) is 0 Å². The number of halogens is 1. The molecule has 0 spiro atoms. The summed E-state index contributed by atoms with van der Waals surface area (Å²) in [4.78, 5) is 14.9. The number of nitrogens with zero attached hydrogens (tertiary/aromatic N) is 1. The molecule has 0 N–H and O–H groups in total. The predicted octanol–water partition coefficient (Wildman–Crippen LogP) is 5.11. The van der Waals surface area contributed by atoms with Crippen LogP contribution in [-0.4, -0.2) is 28.4 Å². The van der Waals surface area contributed by atoms with Crippen LogP contribution in [0.4, 0.5) is 4.39 Å². The molecular formula is C20H20FNOS2. The number of amides is 1. The van der Waals surface area contributed by atoms with Crippen LogP contribution < -0.4 is 0 Å². The Bertz CT molecular complexity index is 737. The van der Waals surface area contributed by atoms with Gasteiger partial charge >= 0.3 is 0 Å². The fourth-order valence-electron chi connectivity index (χ4n) is 3.04. The summed E-state index contributed by atoms with van der Waals surface area (Å²) in [5, 5.41) is 0. The molecule has 0 radical (unpaired) electrons. The molecule has 1 saturated heterocycles. The average molecular weight is 374 g/mol. The van der Waals surface area contributed by atoms with E-state index >= 15 is 0 Å². The van der Waals surface area contributed by atoms with Gasteiger partial charge in [0.1, 0.15) is 5.82 Å². The molecule has 1 saturated carbocycles. The topological polar surface area (TPSA) is 20.3 Å². The summed E-state index contributed by atoms with van der Waals surface area (Å²) in [6.07, 6.45) is 2.11. The van der Waals surface area contributed by atoms with Crippen LogP contribution in [-0.2, 0) is 6.54 Å². The predicted molar refractivity (Wildman–Crippen MR) is 103 cm³/mol. The highest BCUT2D eigenvalue weighted by Gasteiger charge is 2.33. The Morgan fingerprint density at radius 2 is 1.64 bits per heavy atom. The number of rotatable bonds is 5. The second-order valence-corrected chi connectivity index (χ2v) is 9.21. The first-order valence-corrected chi connectivity index (χ1v) is 10.7. The van der Waals surface area contributed by atoms with Crippen molar-refractivity contribution in [3.8, 4) is 0 Å². The van der Waals surface area contributed by atoms with E-state index in [9.17, 15) is 9.18 Å². The van der Waals surface area contributed by atoms with Crippen LogP contribution in [0.25, 0.3) is 0 Å². The maximum absolute atomic E-state index is 13.1. The van der Waals surface area contributed by atoms with Gasteiger partial charge < -0.3 is 4.90 Å². The summed E-state index contributed by atoms with van der Waals surface area (Å²) in [6.45, 7) is 0.542. The van der Waals surface area contributed by atoms with E-state index in [-0.39, 0.29) is 11.7 Å². The second-order valence-electron chi connectivity index (χ2n) is 6.49. The van der Waals surface area contributed by atoms with Crippen molar-refractivity contribution in [2.45, 2.75) is 30.0 Å². The number of carbonyl (C=O) groups is 1. The number of hydrogen-bond donors (Lipinski definition) is 0. The van der Waals surface area contributed by atoms with Gasteiger partial charge in [-0.15, -0.1) is 23.5 Å². The van der Waals surface area contributed by atoms with Crippen molar-refractivity contribution in [3.63, 3.8) is 0 Å². The van der Waals surface area contributed by atoms with Gasteiger partial charge in [0.25, 0.3) is 5.91 Å². The van der Waals surface area contributed by atoms with Gasteiger partial charge in [-0.25, -0.2) is 4.39 Å². The third-order valence-corrected chi connectivity index (χ3v) is 7.67. The summed E-state index contributed by atoms with van der Waals surface area (Å²) < 4.78 is 13.6. The van der Waals surface area contributed by atoms with Crippen molar-refractivity contribution in [1.29, 1.82) is 0 Å². The van der Waals surface area contributed by atoms with Crippen LogP contribution in [0.15, 0.2) is 48.5 Å². The summed E-state index contributed by atoms with van der Waals surface area (Å²) in [6, 6.07) is 14.8. The molecule has 2 aromatic rings. The average Bonchev–Trinajstić information content (AvgIpc) is 3.34. The first kappa shape index (κ1) is 17.0. The van der Waals surface area contributed by atoms with Crippen LogP contribution in [0.1, 0.15) is 38.9 Å². The molecule has 2 fully saturated rings. The summed E-state index contributed by atoms with van der Waals surface area (Å²) in [5.41, 5.74) is 3.00. The van der Waals surface area contributed by atoms with Crippen LogP contribution in [0.3, 0.4) is 0 Å². The summed E-state index contributed by atoms with van der Waals surface area (Å²) in [7, 11) is 0. The number of carbonyl (C=O) groups excluding carboxylic acids is 1. The molecule has 0 atom stereocenters. The van der Waals surface area contributed by atoms with Gasteiger partial charge in [-0.2, -0.15) is 0 Å². The molecule has 1 heterocycles. The van der Waals surface area contributed by atoms with E-state index in [0.29, 0.717) is 17.2 Å². The minimum atomic E-state index is -0.244. The molecule has 4 rings (SSSR count). The largest absolute Gasteiger partial charge is 0.331 e. The minimum Gasteiger partial charge on any atom is -0.331 e. The lowest BCUT2D eigenvalue weighted by atomic mass is 10.1. The monoisotopic (exact) mass is 373 g/mol. The number of hydrogen-bond acceptors (Lipinski definition) is 3. The lowest BCUT2D eigenvalue weighted by Gasteiger charge is -2.23. The first-order chi connectivity index (χ1) is 12.2. The second kappa shape index (κ2) is 7.42. The Kier molecular flexibility index (Phi) is 5.04. The first-order valence-electron chi connectivity index (χ1n) is 8.59. The lowest BCUT2D eigenvalue weighted by Crippen LogP contribution is -2.32. The van der Waals surface area contributed by atoms with Gasteiger partial charge in [-0.3, -0.25) is 4.79 Å². The van der Waals surface area contributed by atoms with Gasteiger partial charge in [0, 0.05) is 29.7 Å². The third-order valence-electron chi connectivity index (χ3n) is 4.57. The smallest absolute Gasteiger partial charge is 0.254 e. The fourth-order valence-corrected chi connectivity index (χ4v) is 5.90. The van der Waals surface area contributed by atoms with Crippen molar-refractivity contribution in [1.82, 2.24) is 4.90 Å². The molecule has 1 aliphatic heterocycles. The molecule has 2 aliphatic rings. The number of thioether (sulfide) groups is 2. The third kappa shape index (κ3) is 4.04. The molecule has 2 nitrogen and oxygen atoms in total. The Balaban J connectivity index is 1.49. The van der Waals surface area contributed by atoms with Crippen LogP contribution in [0.5, 0.6) is 0 Å². The van der Waals surface area contributed by atoms with Gasteiger partial charge in [0.15, 0.2) is 0 Å². The molecule has 0 bridgehead atoms. The molecule has 5 heteroatoms. The van der Waals surface area contributed by atoms with E-state index in [1.807, 2.05) is 40.6 Å². The molecular weight excluding hydrogens is 353 g/mol. The molecule has 1 aliphatic carbocycles. The normalized spacial score (nSPS) is 17.6. The van der Waals surface area contributed by atoms with E-state index in [2.05, 4.69) is 12.1 Å². The molecule has 0 aromatic heterocycles. The van der Waals surface area contributed by atoms with E-state index < -0.39 is 0 Å². The zero-order chi connectivity index (χ0) is 17.2. The zero-order valence-electron chi connectivity index (χ0n) is 13.9. The Morgan fingerprint density at radius 3 is 2.24 bits per heavy atom. The quantitative estimate of drug-likeness (QED) is 0.726. The van der Waals surface area contributed by atoms with Crippen molar-refractivity contribution < 1.29 is 9.18 Å². The standard InChI is InChI=1S/C20H20FNOS2/c21-17-7-1-14(2-8-17)13-22(18-9-10-18)19(23)15-3-5-16(6-4-15)20-24-11-12-25-20/h1-8,18,20H,9-13H2. The molecule has 1 amide bonds. The van der Waals surface area contributed by atoms with E-state index in [4.69, 9.17) is 0 Å². The highest BCUT2D eigenvalue weighted by atomic mass is 32.2. The minimum absolute atomic E-state index is 0.0742. The van der Waals surface area contributed by atoms with Crippen LogP contribution >= 0.6 is 23.5 Å². The highest BCUT2D eigenvalue weighted by molar-refractivity contribution is 8.19. The molecule has 130 valence electrons. The maximum Gasteiger partial charge on any atom is 0.254 e.